The zero-order chi connectivity index (χ0) is 25.7. The summed E-state index contributed by atoms with van der Waals surface area (Å²) in [6.07, 6.45) is 0.447. The second-order valence-electron chi connectivity index (χ2n) is 8.79. The van der Waals surface area contributed by atoms with Gasteiger partial charge in [0.15, 0.2) is 0 Å². The van der Waals surface area contributed by atoms with Gasteiger partial charge in [-0.25, -0.2) is 4.79 Å². The van der Waals surface area contributed by atoms with Crippen LogP contribution in [-0.4, -0.2) is 53.4 Å². The van der Waals surface area contributed by atoms with Crippen molar-refractivity contribution in [3.63, 3.8) is 0 Å². The van der Waals surface area contributed by atoms with E-state index in [-0.39, 0.29) is 12.8 Å². The van der Waals surface area contributed by atoms with Crippen LogP contribution in [-0.2, 0) is 19.1 Å². The molecule has 1 rings (SSSR count). The van der Waals surface area contributed by atoms with E-state index in [0.29, 0.717) is 12.1 Å². The van der Waals surface area contributed by atoms with Gasteiger partial charge in [0.2, 0.25) is 17.7 Å². The largest absolute Gasteiger partial charge is 0.444 e. The molecule has 10 heteroatoms. The maximum absolute atomic E-state index is 13.6. The van der Waals surface area contributed by atoms with Crippen LogP contribution in [0, 0.1) is 11.3 Å². The Morgan fingerprint density at radius 3 is 2.35 bits per heavy atom. The Morgan fingerprint density at radius 2 is 1.82 bits per heavy atom. The van der Waals surface area contributed by atoms with Crippen LogP contribution in [0.25, 0.3) is 0 Å². The molecule has 10 nitrogen and oxygen atoms in total. The standard InChI is InChI=1S/C24H35N5O5/c1-5-6-15-27-21(31)20(17-10-8-7-9-11-17)29(16-14-25)22(32)18(12-13-19(26)30)28-23(33)34-24(2,3)4/h7-11,18,20H,5-6,12-13,15-16H2,1-4H3,(H2,26,30)(H,27,31)(H,28,33). The summed E-state index contributed by atoms with van der Waals surface area (Å²) in [5, 5.41) is 14.7. The van der Waals surface area contributed by atoms with E-state index in [1.165, 1.54) is 0 Å². The number of unbranched alkanes of at least 4 members (excludes halogenated alkanes) is 1. The highest BCUT2D eigenvalue weighted by atomic mass is 16.6. The predicted octanol–water partition coefficient (Wildman–Crippen LogP) is 2.15. The molecule has 0 bridgehead atoms. The quantitative estimate of drug-likeness (QED) is 0.312. The van der Waals surface area contributed by atoms with E-state index in [0.717, 1.165) is 17.7 Å². The number of benzene rings is 1. The molecule has 2 atom stereocenters. The lowest BCUT2D eigenvalue weighted by atomic mass is 10.0. The van der Waals surface area contributed by atoms with Crippen LogP contribution in [0.2, 0.25) is 0 Å². The van der Waals surface area contributed by atoms with E-state index in [4.69, 9.17) is 10.5 Å². The van der Waals surface area contributed by atoms with Crippen LogP contribution in [0.1, 0.15) is 65.0 Å². The average Bonchev–Trinajstić information content (AvgIpc) is 2.75. The number of alkyl carbamates (subject to hydrolysis) is 1. The third kappa shape index (κ3) is 9.90. The number of carbonyl (C=O) groups excluding carboxylic acids is 4. The van der Waals surface area contributed by atoms with Crippen LogP contribution >= 0.6 is 0 Å². The summed E-state index contributed by atoms with van der Waals surface area (Å²) in [6, 6.07) is 8.16. The van der Waals surface area contributed by atoms with Gasteiger partial charge in [0, 0.05) is 13.0 Å². The molecule has 0 radical (unpaired) electrons. The molecule has 1 aromatic carbocycles. The Morgan fingerprint density at radius 1 is 1.18 bits per heavy atom. The third-order valence-electron chi connectivity index (χ3n) is 4.70. The zero-order valence-corrected chi connectivity index (χ0v) is 20.3. The number of primary amides is 1. The Hall–Kier alpha value is -3.61. The number of nitrogens with zero attached hydrogens (tertiary/aromatic N) is 2. The van der Waals surface area contributed by atoms with Gasteiger partial charge >= 0.3 is 6.09 Å². The molecular weight excluding hydrogens is 438 g/mol. The summed E-state index contributed by atoms with van der Waals surface area (Å²) < 4.78 is 5.24. The van der Waals surface area contributed by atoms with E-state index in [1.54, 1.807) is 51.1 Å². The molecule has 0 saturated carbocycles. The first kappa shape index (κ1) is 28.4. The SMILES string of the molecule is CCCCNC(=O)C(c1ccccc1)N(CC#N)C(=O)C(CCC(N)=O)NC(=O)OC(C)(C)C. The van der Waals surface area contributed by atoms with Gasteiger partial charge in [-0.2, -0.15) is 5.26 Å². The number of hydrogen-bond donors (Lipinski definition) is 3. The minimum absolute atomic E-state index is 0.117. The van der Waals surface area contributed by atoms with E-state index in [1.807, 2.05) is 13.0 Å². The normalized spacial score (nSPS) is 12.6. The van der Waals surface area contributed by atoms with Crippen LogP contribution in [0.4, 0.5) is 4.79 Å². The first-order valence-corrected chi connectivity index (χ1v) is 11.3. The van der Waals surface area contributed by atoms with Crippen molar-refractivity contribution in [2.24, 2.45) is 5.73 Å². The van der Waals surface area contributed by atoms with Gasteiger partial charge in [0.25, 0.3) is 0 Å². The highest BCUT2D eigenvalue weighted by Gasteiger charge is 2.36. The summed E-state index contributed by atoms with van der Waals surface area (Å²) in [7, 11) is 0. The summed E-state index contributed by atoms with van der Waals surface area (Å²) >= 11 is 0. The van der Waals surface area contributed by atoms with Gasteiger partial charge in [-0.15, -0.1) is 0 Å². The molecule has 4 amide bonds. The molecule has 34 heavy (non-hydrogen) atoms. The number of hydrogen-bond acceptors (Lipinski definition) is 6. The molecule has 0 aliphatic carbocycles. The van der Waals surface area contributed by atoms with Gasteiger partial charge in [0.05, 0.1) is 6.07 Å². The van der Waals surface area contributed by atoms with Crippen molar-refractivity contribution in [2.75, 3.05) is 13.1 Å². The van der Waals surface area contributed by atoms with Gasteiger partial charge in [-0.05, 0) is 39.2 Å². The topological polar surface area (TPSA) is 155 Å². The van der Waals surface area contributed by atoms with Crippen LogP contribution in [0.3, 0.4) is 0 Å². The molecule has 0 fully saturated rings. The number of nitrogens with one attached hydrogen (secondary N) is 2. The molecule has 4 N–H and O–H groups in total. The van der Waals surface area contributed by atoms with Crippen molar-refractivity contribution in [1.82, 2.24) is 15.5 Å². The van der Waals surface area contributed by atoms with Crippen LogP contribution in [0.5, 0.6) is 0 Å². The molecule has 0 saturated heterocycles. The lowest BCUT2D eigenvalue weighted by molar-refractivity contribution is -0.142. The molecule has 186 valence electrons. The molecular formula is C24H35N5O5. The summed E-state index contributed by atoms with van der Waals surface area (Å²) in [5.74, 6) is -1.81. The van der Waals surface area contributed by atoms with Gasteiger partial charge in [-0.3, -0.25) is 14.4 Å². The summed E-state index contributed by atoms with van der Waals surface area (Å²) in [4.78, 5) is 51.6. The second-order valence-corrected chi connectivity index (χ2v) is 8.79. The van der Waals surface area contributed by atoms with Gasteiger partial charge < -0.3 is 26.0 Å². The Balaban J connectivity index is 3.32. The fourth-order valence-corrected chi connectivity index (χ4v) is 3.16. The Kier molecular flexibility index (Phi) is 11.6. The Bertz CT molecular complexity index is 876. The van der Waals surface area contributed by atoms with E-state index >= 15 is 0 Å². The maximum atomic E-state index is 13.6. The second kappa shape index (κ2) is 13.8. The monoisotopic (exact) mass is 473 g/mol. The van der Waals surface area contributed by atoms with Crippen LogP contribution < -0.4 is 16.4 Å². The molecule has 0 aliphatic heterocycles. The molecule has 0 aliphatic rings. The summed E-state index contributed by atoms with van der Waals surface area (Å²) in [5.41, 5.74) is 4.94. The van der Waals surface area contributed by atoms with Gasteiger partial charge in [0.1, 0.15) is 24.2 Å². The lowest BCUT2D eigenvalue weighted by Crippen LogP contribution is -2.53. The van der Waals surface area contributed by atoms with Crippen molar-refractivity contribution in [3.05, 3.63) is 35.9 Å². The first-order chi connectivity index (χ1) is 16.0. The first-order valence-electron chi connectivity index (χ1n) is 11.3. The number of amides is 4. The third-order valence-corrected chi connectivity index (χ3v) is 4.70. The average molecular weight is 474 g/mol. The van der Waals surface area contributed by atoms with Crippen molar-refractivity contribution in [1.29, 1.82) is 5.26 Å². The number of nitrogens with two attached hydrogens (primary N) is 1. The fourth-order valence-electron chi connectivity index (χ4n) is 3.16. The van der Waals surface area contributed by atoms with Crippen molar-refractivity contribution in [3.8, 4) is 6.07 Å². The van der Waals surface area contributed by atoms with Crippen molar-refractivity contribution in [2.45, 2.75) is 71.1 Å². The smallest absolute Gasteiger partial charge is 0.408 e. The highest BCUT2D eigenvalue weighted by Crippen LogP contribution is 2.23. The number of ether oxygens (including phenoxy) is 1. The van der Waals surface area contributed by atoms with Crippen LogP contribution in [0.15, 0.2) is 30.3 Å². The molecule has 2 unspecified atom stereocenters. The molecule has 0 spiro atoms. The predicted molar refractivity (Wildman–Crippen MR) is 126 cm³/mol. The minimum Gasteiger partial charge on any atom is -0.444 e. The van der Waals surface area contributed by atoms with Crippen molar-refractivity contribution < 1.29 is 23.9 Å². The molecule has 1 aromatic rings. The Labute approximate surface area is 200 Å². The minimum atomic E-state index is -1.23. The molecule has 0 heterocycles. The van der Waals surface area contributed by atoms with E-state index in [9.17, 15) is 24.4 Å². The maximum Gasteiger partial charge on any atom is 0.408 e. The highest BCUT2D eigenvalue weighted by molar-refractivity contribution is 5.92. The van der Waals surface area contributed by atoms with E-state index < -0.39 is 48.0 Å². The number of carbonyl (C=O) groups is 4. The van der Waals surface area contributed by atoms with Gasteiger partial charge in [-0.1, -0.05) is 43.7 Å². The number of nitriles is 1. The lowest BCUT2D eigenvalue weighted by Gasteiger charge is -2.33. The fraction of sp³-hybridized carbons (Fsp3) is 0.542. The van der Waals surface area contributed by atoms with Crippen molar-refractivity contribution >= 4 is 23.8 Å². The summed E-state index contributed by atoms with van der Waals surface area (Å²) in [6.45, 7) is 6.98. The van der Waals surface area contributed by atoms with E-state index in [2.05, 4.69) is 10.6 Å². The molecule has 0 aromatic heterocycles. The zero-order valence-electron chi connectivity index (χ0n) is 20.3. The number of rotatable bonds is 12.